The fourth-order valence-corrected chi connectivity index (χ4v) is 1.54. The van der Waals surface area contributed by atoms with Crippen LogP contribution in [0.2, 0.25) is 0 Å². The summed E-state index contributed by atoms with van der Waals surface area (Å²) in [5.74, 6) is -2.01. The van der Waals surface area contributed by atoms with Crippen molar-refractivity contribution in [3.63, 3.8) is 0 Å². The Morgan fingerprint density at radius 1 is 1.11 bits per heavy atom. The number of rotatable bonds is 6. The van der Waals surface area contributed by atoms with E-state index in [0.717, 1.165) is 12.0 Å². The van der Waals surface area contributed by atoms with Gasteiger partial charge in [-0.25, -0.2) is 0 Å². The lowest BCUT2D eigenvalue weighted by atomic mass is 10.0. The molecule has 0 aliphatic carbocycles. The summed E-state index contributed by atoms with van der Waals surface area (Å²) in [6, 6.07) is 7.12. The fourth-order valence-electron chi connectivity index (χ4n) is 1.54. The van der Waals surface area contributed by atoms with Crippen LogP contribution in [0.1, 0.15) is 22.8 Å². The minimum absolute atomic E-state index is 0.246. The highest BCUT2D eigenvalue weighted by molar-refractivity contribution is 5.97. The lowest BCUT2D eigenvalue weighted by molar-refractivity contribution is -0.137. The summed E-state index contributed by atoms with van der Waals surface area (Å²) >= 11 is 0. The van der Waals surface area contributed by atoms with Crippen LogP contribution >= 0.6 is 0 Å². The first-order chi connectivity index (χ1) is 9.04. The van der Waals surface area contributed by atoms with E-state index in [2.05, 4.69) is 10.6 Å². The molecule has 0 aromatic heterocycles. The first kappa shape index (κ1) is 14.7. The number of nitrogens with one attached hydrogen (secondary N) is 2. The first-order valence-corrected chi connectivity index (χ1v) is 5.89. The van der Waals surface area contributed by atoms with Gasteiger partial charge >= 0.3 is 5.97 Å². The van der Waals surface area contributed by atoms with Crippen molar-refractivity contribution >= 4 is 17.8 Å². The van der Waals surface area contributed by atoms with Gasteiger partial charge in [0.2, 0.25) is 5.91 Å². The molecule has 0 radical (unpaired) electrons. The number of carboxylic acids is 1. The molecule has 0 spiro atoms. The largest absolute Gasteiger partial charge is 0.480 e. The van der Waals surface area contributed by atoms with Gasteiger partial charge in [0.15, 0.2) is 0 Å². The second kappa shape index (κ2) is 7.15. The number of carbonyl (C=O) groups excluding carboxylic acids is 2. The van der Waals surface area contributed by atoms with E-state index in [1.165, 1.54) is 0 Å². The molecule has 1 aromatic rings. The van der Waals surface area contributed by atoms with Gasteiger partial charge in [-0.3, -0.25) is 14.4 Å². The van der Waals surface area contributed by atoms with Crippen LogP contribution in [-0.4, -0.2) is 36.0 Å². The van der Waals surface area contributed by atoms with Gasteiger partial charge in [-0.05, 0) is 18.1 Å². The summed E-state index contributed by atoms with van der Waals surface area (Å²) in [4.78, 5) is 33.4. The Kier molecular flexibility index (Phi) is 5.53. The Morgan fingerprint density at radius 2 is 1.79 bits per heavy atom. The van der Waals surface area contributed by atoms with Crippen molar-refractivity contribution in [3.8, 4) is 0 Å². The van der Waals surface area contributed by atoms with Gasteiger partial charge in [-0.2, -0.15) is 0 Å². The number of aryl methyl sites for hydroxylation is 1. The Labute approximate surface area is 110 Å². The van der Waals surface area contributed by atoms with Crippen LogP contribution in [0.15, 0.2) is 24.3 Å². The van der Waals surface area contributed by atoms with Crippen molar-refractivity contribution in [3.05, 3.63) is 35.4 Å². The van der Waals surface area contributed by atoms with E-state index in [4.69, 9.17) is 5.11 Å². The molecule has 102 valence electrons. The van der Waals surface area contributed by atoms with Gasteiger partial charge < -0.3 is 15.7 Å². The Hall–Kier alpha value is -2.37. The summed E-state index contributed by atoms with van der Waals surface area (Å²) in [7, 11) is 0. The van der Waals surface area contributed by atoms with Crippen molar-refractivity contribution in [2.75, 3.05) is 13.1 Å². The Bertz CT molecular complexity index is 485. The van der Waals surface area contributed by atoms with Gasteiger partial charge in [0.1, 0.15) is 6.54 Å². The maximum atomic E-state index is 11.9. The number of hydrogen-bond donors (Lipinski definition) is 3. The molecule has 3 N–H and O–H groups in total. The summed E-state index contributed by atoms with van der Waals surface area (Å²) in [5.41, 5.74) is 1.42. The molecule has 19 heavy (non-hydrogen) atoms. The molecule has 0 heterocycles. The lowest BCUT2D eigenvalue weighted by Crippen LogP contribution is -2.39. The van der Waals surface area contributed by atoms with Crippen LogP contribution < -0.4 is 10.6 Å². The molecule has 0 fully saturated rings. The molecule has 0 aliphatic rings. The third kappa shape index (κ3) is 4.79. The van der Waals surface area contributed by atoms with E-state index in [9.17, 15) is 14.4 Å². The Balaban J connectivity index is 2.51. The van der Waals surface area contributed by atoms with Gasteiger partial charge in [0.05, 0.1) is 6.54 Å². The zero-order chi connectivity index (χ0) is 14.3. The highest BCUT2D eigenvalue weighted by atomic mass is 16.4. The van der Waals surface area contributed by atoms with E-state index in [-0.39, 0.29) is 12.5 Å². The van der Waals surface area contributed by atoms with Crippen molar-refractivity contribution in [1.29, 1.82) is 0 Å². The van der Waals surface area contributed by atoms with Crippen LogP contribution in [-0.2, 0) is 16.0 Å². The highest BCUT2D eigenvalue weighted by Gasteiger charge is 2.11. The number of carbonyl (C=O) groups is 3. The molecule has 0 saturated heterocycles. The monoisotopic (exact) mass is 264 g/mol. The summed E-state index contributed by atoms with van der Waals surface area (Å²) in [6.45, 7) is 1.23. The highest BCUT2D eigenvalue weighted by Crippen LogP contribution is 2.08. The van der Waals surface area contributed by atoms with E-state index in [0.29, 0.717) is 5.56 Å². The number of hydrogen-bond acceptors (Lipinski definition) is 3. The van der Waals surface area contributed by atoms with Crippen LogP contribution in [0.4, 0.5) is 0 Å². The molecule has 0 bridgehead atoms. The van der Waals surface area contributed by atoms with E-state index >= 15 is 0 Å². The minimum atomic E-state index is -1.13. The predicted octanol–water partition coefficient (Wildman–Crippen LogP) is 0.180. The minimum Gasteiger partial charge on any atom is -0.480 e. The predicted molar refractivity (Wildman–Crippen MR) is 68.8 cm³/mol. The van der Waals surface area contributed by atoms with Crippen LogP contribution in [0, 0.1) is 0 Å². The molecular formula is C13H16N2O4. The number of amides is 2. The molecule has 0 unspecified atom stereocenters. The SMILES string of the molecule is CCc1ccccc1C(=O)NCC(=O)NCC(=O)O. The quantitative estimate of drug-likeness (QED) is 0.683. The first-order valence-electron chi connectivity index (χ1n) is 5.89. The lowest BCUT2D eigenvalue weighted by Gasteiger charge is -2.08. The molecule has 6 nitrogen and oxygen atoms in total. The second-order valence-electron chi connectivity index (χ2n) is 3.86. The van der Waals surface area contributed by atoms with E-state index < -0.39 is 18.4 Å². The van der Waals surface area contributed by atoms with Crippen LogP contribution in [0.25, 0.3) is 0 Å². The molecule has 0 aliphatic heterocycles. The number of benzene rings is 1. The van der Waals surface area contributed by atoms with Crippen molar-refractivity contribution in [2.45, 2.75) is 13.3 Å². The molecule has 6 heteroatoms. The van der Waals surface area contributed by atoms with Gasteiger partial charge in [-0.15, -0.1) is 0 Å². The maximum absolute atomic E-state index is 11.9. The van der Waals surface area contributed by atoms with Crippen LogP contribution in [0.5, 0.6) is 0 Å². The topological polar surface area (TPSA) is 95.5 Å². The molecule has 0 atom stereocenters. The maximum Gasteiger partial charge on any atom is 0.322 e. The molecule has 2 amide bonds. The standard InChI is InChI=1S/C13H16N2O4/c1-2-9-5-3-4-6-10(9)13(19)15-7-11(16)14-8-12(17)18/h3-6H,2,7-8H2,1H3,(H,14,16)(H,15,19)(H,17,18). The molecule has 0 saturated carbocycles. The van der Waals surface area contributed by atoms with Gasteiger partial charge in [0, 0.05) is 5.56 Å². The second-order valence-corrected chi connectivity index (χ2v) is 3.86. The normalized spacial score (nSPS) is 9.74. The molecule has 1 aromatic carbocycles. The van der Waals surface area contributed by atoms with Crippen LogP contribution in [0.3, 0.4) is 0 Å². The van der Waals surface area contributed by atoms with Crippen molar-refractivity contribution in [1.82, 2.24) is 10.6 Å². The summed E-state index contributed by atoms with van der Waals surface area (Å²) in [5, 5.41) is 13.0. The zero-order valence-corrected chi connectivity index (χ0v) is 10.6. The van der Waals surface area contributed by atoms with Crippen molar-refractivity contribution in [2.24, 2.45) is 0 Å². The fraction of sp³-hybridized carbons (Fsp3) is 0.308. The average molecular weight is 264 g/mol. The third-order valence-electron chi connectivity index (χ3n) is 2.49. The van der Waals surface area contributed by atoms with E-state index in [1.54, 1.807) is 12.1 Å². The van der Waals surface area contributed by atoms with Crippen molar-refractivity contribution < 1.29 is 19.5 Å². The average Bonchev–Trinajstić information content (AvgIpc) is 2.42. The smallest absolute Gasteiger partial charge is 0.322 e. The number of carboxylic acid groups (broad SMARTS) is 1. The van der Waals surface area contributed by atoms with Gasteiger partial charge in [-0.1, -0.05) is 25.1 Å². The zero-order valence-electron chi connectivity index (χ0n) is 10.6. The summed E-state index contributed by atoms with van der Waals surface area (Å²) in [6.07, 6.45) is 0.717. The van der Waals surface area contributed by atoms with Gasteiger partial charge in [0.25, 0.3) is 5.91 Å². The molecule has 1 rings (SSSR count). The van der Waals surface area contributed by atoms with E-state index in [1.807, 2.05) is 19.1 Å². The molecular weight excluding hydrogens is 248 g/mol. The third-order valence-corrected chi connectivity index (χ3v) is 2.49. The Morgan fingerprint density at radius 3 is 2.42 bits per heavy atom. The number of aliphatic carboxylic acids is 1. The summed E-state index contributed by atoms with van der Waals surface area (Å²) < 4.78 is 0.